The van der Waals surface area contributed by atoms with Gasteiger partial charge in [-0.05, 0) is 31.1 Å². The van der Waals surface area contributed by atoms with Gasteiger partial charge in [0.2, 0.25) is 5.91 Å². The molecule has 0 unspecified atom stereocenters. The summed E-state index contributed by atoms with van der Waals surface area (Å²) in [5.41, 5.74) is 0.799. The summed E-state index contributed by atoms with van der Waals surface area (Å²) in [7, 11) is 1.79. The van der Waals surface area contributed by atoms with Crippen LogP contribution in [-0.4, -0.2) is 49.0 Å². The lowest BCUT2D eigenvalue weighted by atomic mass is 9.89. The van der Waals surface area contributed by atoms with Gasteiger partial charge in [0.15, 0.2) is 5.82 Å². The molecule has 10 nitrogen and oxygen atoms in total. The minimum absolute atomic E-state index is 0.130. The molecule has 13 heteroatoms. The van der Waals surface area contributed by atoms with Crippen LogP contribution in [0.1, 0.15) is 25.2 Å². The van der Waals surface area contributed by atoms with Crippen molar-refractivity contribution in [3.8, 4) is 11.3 Å². The number of aliphatic hydroxyl groups excluding tert-OH is 1. The van der Waals surface area contributed by atoms with Gasteiger partial charge in [0.05, 0.1) is 35.9 Å². The van der Waals surface area contributed by atoms with E-state index < -0.39 is 29.1 Å². The van der Waals surface area contributed by atoms with Crippen molar-refractivity contribution >= 4 is 29.3 Å². The normalized spacial score (nSPS) is 12.8. The molecule has 6 N–H and O–H groups in total. The van der Waals surface area contributed by atoms with Crippen LogP contribution in [0.25, 0.3) is 17.0 Å². The molecule has 0 aliphatic rings. The monoisotopic (exact) mass is 528 g/mol. The van der Waals surface area contributed by atoms with Crippen molar-refractivity contribution in [1.82, 2.24) is 25.1 Å². The fourth-order valence-electron chi connectivity index (χ4n) is 3.19. The van der Waals surface area contributed by atoms with Gasteiger partial charge in [0, 0.05) is 25.5 Å². The van der Waals surface area contributed by atoms with Crippen molar-refractivity contribution in [2.75, 3.05) is 5.32 Å². The molecular weight excluding hydrogens is 501 g/mol. The lowest BCUT2D eigenvalue weighted by molar-refractivity contribution is -0.206. The molecule has 0 bridgehead atoms. The van der Waals surface area contributed by atoms with Crippen molar-refractivity contribution in [2.45, 2.75) is 26.4 Å². The van der Waals surface area contributed by atoms with E-state index in [1.165, 1.54) is 0 Å². The highest BCUT2D eigenvalue weighted by Gasteiger charge is 2.50. The van der Waals surface area contributed by atoms with Crippen LogP contribution < -0.4 is 10.6 Å². The molecule has 200 valence electrons. The number of H-pyrrole nitrogens is 1. The molecule has 2 aromatic heterocycles. The quantitative estimate of drug-likeness (QED) is 0.136. The number of aliphatic hydroxyl groups is 1. The number of carbonyl (C=O) groups excluding carboxylic acids is 1. The van der Waals surface area contributed by atoms with Crippen molar-refractivity contribution in [3.63, 3.8) is 0 Å². The minimum atomic E-state index is -4.72. The first-order valence-electron chi connectivity index (χ1n) is 11.3. The standard InChI is InChI=1S/C25H27F3N8O2/c1-24(2,25(26,27)28)20(37)11-21(30)35-22(38)10-15-4-6-16(7-5-15)19-13-31-23(34-19)18(8-9-29)33-17-12-32-36(3)14-17/h4-9,11-14,29,33,37H,10H2,1-3H3,(H,31,34)(H2,30,35,38)/b18-8+,20-11-,29-9?. The number of aryl methyl sites for hydroxylation is 1. The first-order valence-corrected chi connectivity index (χ1v) is 11.3. The molecule has 0 fully saturated rings. The molecule has 0 atom stereocenters. The number of hydrogen-bond donors (Lipinski definition) is 6. The Labute approximate surface area is 216 Å². The molecule has 0 saturated heterocycles. The highest BCUT2D eigenvalue weighted by Crippen LogP contribution is 2.42. The van der Waals surface area contributed by atoms with Gasteiger partial charge in [-0.25, -0.2) is 4.98 Å². The highest BCUT2D eigenvalue weighted by molar-refractivity contribution is 6.03. The van der Waals surface area contributed by atoms with E-state index in [4.69, 9.17) is 10.8 Å². The lowest BCUT2D eigenvalue weighted by Crippen LogP contribution is -2.36. The van der Waals surface area contributed by atoms with Gasteiger partial charge in [-0.1, -0.05) is 24.3 Å². The van der Waals surface area contributed by atoms with E-state index >= 15 is 0 Å². The average Bonchev–Trinajstić information content (AvgIpc) is 3.47. The van der Waals surface area contributed by atoms with Crippen LogP contribution in [0.5, 0.6) is 0 Å². The topological polar surface area (TPSA) is 156 Å². The molecule has 1 amide bonds. The highest BCUT2D eigenvalue weighted by atomic mass is 19.4. The zero-order valence-corrected chi connectivity index (χ0v) is 20.8. The van der Waals surface area contributed by atoms with Crippen LogP contribution >= 0.6 is 0 Å². The average molecular weight is 529 g/mol. The fourth-order valence-corrected chi connectivity index (χ4v) is 3.19. The maximum absolute atomic E-state index is 13.0. The Hall–Kier alpha value is -4.68. The predicted octanol–water partition coefficient (Wildman–Crippen LogP) is 4.58. The van der Waals surface area contributed by atoms with Gasteiger partial charge in [0.25, 0.3) is 0 Å². The van der Waals surface area contributed by atoms with Crippen LogP contribution in [0, 0.1) is 16.2 Å². The Morgan fingerprint density at radius 3 is 2.47 bits per heavy atom. The Balaban J connectivity index is 1.64. The van der Waals surface area contributed by atoms with Crippen molar-refractivity contribution in [3.05, 3.63) is 72.2 Å². The zero-order valence-electron chi connectivity index (χ0n) is 20.8. The molecule has 0 aliphatic heterocycles. The second kappa shape index (κ2) is 11.2. The van der Waals surface area contributed by atoms with Crippen LogP contribution in [-0.2, 0) is 18.3 Å². The third-order valence-corrected chi connectivity index (χ3v) is 5.60. The summed E-state index contributed by atoms with van der Waals surface area (Å²) in [6, 6.07) is 6.91. The van der Waals surface area contributed by atoms with E-state index in [0.717, 1.165) is 31.3 Å². The summed E-state index contributed by atoms with van der Waals surface area (Å²) < 4.78 is 40.7. The lowest BCUT2D eigenvalue weighted by Gasteiger charge is -2.26. The van der Waals surface area contributed by atoms with Crippen molar-refractivity contribution in [1.29, 1.82) is 10.8 Å². The summed E-state index contributed by atoms with van der Waals surface area (Å²) in [6.07, 6.45) is 3.46. The van der Waals surface area contributed by atoms with Gasteiger partial charge < -0.3 is 26.1 Å². The molecule has 38 heavy (non-hydrogen) atoms. The maximum Gasteiger partial charge on any atom is 0.400 e. The second-order valence-electron chi connectivity index (χ2n) is 8.91. The Kier molecular flexibility index (Phi) is 8.19. The van der Waals surface area contributed by atoms with E-state index in [1.807, 2.05) is 0 Å². The number of imidazole rings is 1. The van der Waals surface area contributed by atoms with Gasteiger partial charge >= 0.3 is 6.18 Å². The van der Waals surface area contributed by atoms with E-state index in [2.05, 4.69) is 25.7 Å². The summed E-state index contributed by atoms with van der Waals surface area (Å²) in [5.74, 6) is -1.85. The molecule has 1 aromatic carbocycles. The van der Waals surface area contributed by atoms with Crippen LogP contribution in [0.4, 0.5) is 18.9 Å². The summed E-state index contributed by atoms with van der Waals surface area (Å²) in [5, 5.41) is 34.3. The molecule has 3 rings (SSSR count). The van der Waals surface area contributed by atoms with E-state index in [0.29, 0.717) is 28.9 Å². The number of nitrogens with zero attached hydrogens (tertiary/aromatic N) is 3. The van der Waals surface area contributed by atoms with E-state index in [-0.39, 0.29) is 6.42 Å². The number of aromatic nitrogens is 4. The third kappa shape index (κ3) is 6.75. The van der Waals surface area contributed by atoms with E-state index in [9.17, 15) is 23.1 Å². The largest absolute Gasteiger partial charge is 0.511 e. The SMILES string of the molecule is Cn1cc(N/C(=C/C=N)c2ncc(-c3ccc(CC(=O)NC(=N)/C=C(\O)C(C)(C)C(F)(F)F)cc3)[nH]2)cn1. The number of alkyl halides is 3. The number of aromatic amines is 1. The number of amidine groups is 1. The number of hydrogen-bond acceptors (Lipinski definition) is 7. The molecule has 0 saturated carbocycles. The van der Waals surface area contributed by atoms with E-state index in [1.54, 1.807) is 60.7 Å². The predicted molar refractivity (Wildman–Crippen MR) is 138 cm³/mol. The molecular formula is C25H27F3N8O2. The summed E-state index contributed by atoms with van der Waals surface area (Å²) >= 11 is 0. The molecule has 0 aliphatic carbocycles. The first kappa shape index (κ1) is 27.9. The van der Waals surface area contributed by atoms with Gasteiger partial charge in [-0.3, -0.25) is 14.9 Å². The Morgan fingerprint density at radius 1 is 1.21 bits per heavy atom. The maximum atomic E-state index is 13.0. The van der Waals surface area contributed by atoms with Gasteiger partial charge in [-0.2, -0.15) is 18.3 Å². The third-order valence-electron chi connectivity index (χ3n) is 5.60. The number of nitrogens with one attached hydrogen (secondary N) is 5. The van der Waals surface area contributed by atoms with Crippen LogP contribution in [0.15, 0.2) is 60.8 Å². The van der Waals surface area contributed by atoms with Crippen molar-refractivity contribution < 1.29 is 23.1 Å². The van der Waals surface area contributed by atoms with Gasteiger partial charge in [0.1, 0.15) is 17.0 Å². The number of carbonyl (C=O) groups is 1. The number of rotatable bonds is 9. The summed E-state index contributed by atoms with van der Waals surface area (Å²) in [6.45, 7) is 1.56. The summed E-state index contributed by atoms with van der Waals surface area (Å²) in [4.78, 5) is 19.8. The molecule has 2 heterocycles. The Morgan fingerprint density at radius 2 is 1.89 bits per heavy atom. The first-order chi connectivity index (χ1) is 17.8. The Bertz CT molecular complexity index is 1380. The second-order valence-corrected chi connectivity index (χ2v) is 8.91. The molecule has 3 aromatic rings. The van der Waals surface area contributed by atoms with Crippen molar-refractivity contribution in [2.24, 2.45) is 12.5 Å². The van der Waals surface area contributed by atoms with Crippen LogP contribution in [0.2, 0.25) is 0 Å². The van der Waals surface area contributed by atoms with Gasteiger partial charge in [-0.15, -0.1) is 0 Å². The number of amides is 1. The molecule has 0 radical (unpaired) electrons. The van der Waals surface area contributed by atoms with Crippen LogP contribution in [0.3, 0.4) is 0 Å². The zero-order chi connectivity index (χ0) is 28.1. The number of benzene rings is 1. The smallest absolute Gasteiger partial charge is 0.400 e. The molecule has 0 spiro atoms. The fraction of sp³-hybridized carbons (Fsp3) is 0.240. The number of halogens is 3. The minimum Gasteiger partial charge on any atom is -0.511 e. The number of allylic oxidation sites excluding steroid dienone is 2. The number of anilines is 1.